The first-order valence-electron chi connectivity index (χ1n) is 9.95. The topological polar surface area (TPSA) is 52.8 Å². The van der Waals surface area contributed by atoms with Gasteiger partial charge in [-0.05, 0) is 55.8 Å². The zero-order valence-corrected chi connectivity index (χ0v) is 20.7. The summed E-state index contributed by atoms with van der Waals surface area (Å²) in [6.45, 7) is 2.45. The molecule has 7 heteroatoms. The van der Waals surface area contributed by atoms with Crippen LogP contribution in [0.3, 0.4) is 0 Å². The molecule has 0 saturated heterocycles. The normalized spacial score (nSPS) is 19.2. The zero-order valence-electron chi connectivity index (χ0n) is 17.6. The highest BCUT2D eigenvalue weighted by Crippen LogP contribution is 2.28. The first kappa shape index (κ1) is 24.1. The fourth-order valence-corrected chi connectivity index (χ4v) is 4.55. The Labute approximate surface area is 196 Å². The van der Waals surface area contributed by atoms with E-state index in [9.17, 15) is 0 Å². The van der Waals surface area contributed by atoms with E-state index < -0.39 is 0 Å². The molecule has 1 aromatic carbocycles. The fraction of sp³-hybridized carbons (Fsp3) is 0.500. The molecule has 1 aliphatic carbocycles. The summed E-state index contributed by atoms with van der Waals surface area (Å²) < 4.78 is 5.46. The first-order chi connectivity index (χ1) is 13.7. The van der Waals surface area contributed by atoms with Crippen LogP contribution in [0.2, 0.25) is 0 Å². The second-order valence-corrected chi connectivity index (χ2v) is 8.60. The van der Waals surface area contributed by atoms with Gasteiger partial charge in [0.25, 0.3) is 0 Å². The third-order valence-corrected chi connectivity index (χ3v) is 6.39. The largest absolute Gasteiger partial charge is 0.468 e. The Balaban J connectivity index is 0.00000300. The maximum atomic E-state index is 5.46. The van der Waals surface area contributed by atoms with Gasteiger partial charge < -0.3 is 15.1 Å². The Morgan fingerprint density at radius 3 is 2.62 bits per heavy atom. The summed E-state index contributed by atoms with van der Waals surface area (Å²) in [6, 6.07) is 13.1. The van der Waals surface area contributed by atoms with E-state index in [1.165, 1.54) is 30.4 Å². The van der Waals surface area contributed by atoms with Crippen molar-refractivity contribution in [1.29, 1.82) is 0 Å². The quantitative estimate of drug-likeness (QED) is 0.301. The Morgan fingerprint density at radius 2 is 1.97 bits per heavy atom. The molecule has 1 heterocycles. The van der Waals surface area contributed by atoms with Crippen LogP contribution in [0.5, 0.6) is 0 Å². The fourth-order valence-electron chi connectivity index (χ4n) is 3.75. The molecule has 0 bridgehead atoms. The number of aliphatic imine (C=N–C) groups is 1. The monoisotopic (exact) mass is 528 g/mol. The Kier molecular flexibility index (Phi) is 10.4. The summed E-state index contributed by atoms with van der Waals surface area (Å²) in [5.74, 6) is 1.88. The number of nitrogens with one attached hydrogen (secondary N) is 2. The third-order valence-electron chi connectivity index (χ3n) is 5.29. The molecule has 2 unspecified atom stereocenters. The maximum absolute atomic E-state index is 5.46. The molecule has 1 aliphatic rings. The van der Waals surface area contributed by atoms with Crippen LogP contribution < -0.4 is 10.6 Å². The molecule has 2 N–H and O–H groups in total. The average Bonchev–Trinajstić information content (AvgIpc) is 3.37. The summed E-state index contributed by atoms with van der Waals surface area (Å²) >= 11 is 1.98. The van der Waals surface area contributed by atoms with Crippen molar-refractivity contribution >= 4 is 41.7 Å². The van der Waals surface area contributed by atoms with Gasteiger partial charge in [-0.15, -0.1) is 24.0 Å². The van der Waals surface area contributed by atoms with Crippen molar-refractivity contribution in [3.63, 3.8) is 0 Å². The Morgan fingerprint density at radius 1 is 1.17 bits per heavy atom. The minimum Gasteiger partial charge on any atom is -0.468 e. The number of thioether (sulfide) groups is 1. The number of halogens is 1. The van der Waals surface area contributed by atoms with Crippen molar-refractivity contribution in [2.45, 2.75) is 50.2 Å². The smallest absolute Gasteiger partial charge is 0.191 e. The number of benzene rings is 1. The minimum absolute atomic E-state index is 0. The third kappa shape index (κ3) is 7.53. The molecular formula is C22H33IN4OS. The van der Waals surface area contributed by atoms with Gasteiger partial charge in [0.2, 0.25) is 0 Å². The lowest BCUT2D eigenvalue weighted by atomic mass is 10.1. The Hall–Kier alpha value is -1.19. The lowest BCUT2D eigenvalue weighted by Crippen LogP contribution is -2.42. The van der Waals surface area contributed by atoms with E-state index in [0.717, 1.165) is 36.6 Å². The van der Waals surface area contributed by atoms with Gasteiger partial charge in [0, 0.05) is 31.4 Å². The second-order valence-electron chi connectivity index (χ2n) is 7.46. The predicted octanol–water partition coefficient (Wildman–Crippen LogP) is 4.48. The summed E-state index contributed by atoms with van der Waals surface area (Å²) in [5, 5.41) is 7.87. The van der Waals surface area contributed by atoms with E-state index in [4.69, 9.17) is 4.42 Å². The molecule has 2 atom stereocenters. The summed E-state index contributed by atoms with van der Waals surface area (Å²) in [6.07, 6.45) is 7.67. The number of hydrogen-bond donors (Lipinski definition) is 2. The SMILES string of the molecule is CN=C(NCc1ccccc1CN(C)Cc1ccco1)NC1CCC(SC)C1.I. The molecule has 0 radical (unpaired) electrons. The number of furan rings is 1. The summed E-state index contributed by atoms with van der Waals surface area (Å²) in [7, 11) is 3.97. The van der Waals surface area contributed by atoms with Gasteiger partial charge in [-0.1, -0.05) is 24.3 Å². The van der Waals surface area contributed by atoms with E-state index in [1.807, 2.05) is 30.9 Å². The molecule has 160 valence electrons. The van der Waals surface area contributed by atoms with Crippen LogP contribution in [0.4, 0.5) is 0 Å². The van der Waals surface area contributed by atoms with E-state index >= 15 is 0 Å². The van der Waals surface area contributed by atoms with Crippen LogP contribution in [0, 0.1) is 0 Å². The van der Waals surface area contributed by atoms with Gasteiger partial charge in [0.15, 0.2) is 5.96 Å². The minimum atomic E-state index is 0. The Bertz CT molecular complexity index is 753. The van der Waals surface area contributed by atoms with Gasteiger partial charge in [0.05, 0.1) is 12.8 Å². The van der Waals surface area contributed by atoms with E-state index in [0.29, 0.717) is 6.04 Å². The molecule has 1 aromatic heterocycles. The van der Waals surface area contributed by atoms with Crippen LogP contribution in [0.1, 0.15) is 36.1 Å². The molecule has 3 rings (SSSR count). The highest BCUT2D eigenvalue weighted by molar-refractivity contribution is 14.0. The predicted molar refractivity (Wildman–Crippen MR) is 134 cm³/mol. The van der Waals surface area contributed by atoms with E-state index in [2.05, 4.69) is 58.1 Å². The highest BCUT2D eigenvalue weighted by Gasteiger charge is 2.24. The molecular weight excluding hydrogens is 495 g/mol. The molecule has 5 nitrogen and oxygen atoms in total. The molecule has 0 spiro atoms. The van der Waals surface area contributed by atoms with Crippen molar-refractivity contribution in [3.8, 4) is 0 Å². The highest BCUT2D eigenvalue weighted by atomic mass is 127. The molecule has 1 saturated carbocycles. The van der Waals surface area contributed by atoms with Gasteiger partial charge >= 0.3 is 0 Å². The van der Waals surface area contributed by atoms with Crippen LogP contribution in [0.15, 0.2) is 52.1 Å². The van der Waals surface area contributed by atoms with Crippen molar-refractivity contribution < 1.29 is 4.42 Å². The first-order valence-corrected chi connectivity index (χ1v) is 11.2. The standard InChI is InChI=1S/C22H32N4OS.HI/c1-23-22(25-19-10-11-21(13-19)28-3)24-14-17-7-4-5-8-18(17)15-26(2)16-20-9-6-12-27-20;/h4-9,12,19,21H,10-11,13-16H2,1-3H3,(H2,23,24,25);1H. The number of guanidine groups is 1. The van der Waals surface area contributed by atoms with Crippen LogP contribution in [-0.4, -0.2) is 42.5 Å². The van der Waals surface area contributed by atoms with Crippen molar-refractivity contribution in [2.75, 3.05) is 20.4 Å². The van der Waals surface area contributed by atoms with E-state index in [-0.39, 0.29) is 24.0 Å². The lowest BCUT2D eigenvalue weighted by molar-refractivity contribution is 0.287. The lowest BCUT2D eigenvalue weighted by Gasteiger charge is -2.20. The average molecular weight is 529 g/mol. The zero-order chi connectivity index (χ0) is 19.8. The molecule has 29 heavy (non-hydrogen) atoms. The number of rotatable bonds is 8. The number of nitrogens with zero attached hydrogens (tertiary/aromatic N) is 2. The maximum Gasteiger partial charge on any atom is 0.191 e. The van der Waals surface area contributed by atoms with Crippen LogP contribution in [-0.2, 0) is 19.6 Å². The van der Waals surface area contributed by atoms with Crippen molar-refractivity contribution in [2.24, 2.45) is 4.99 Å². The van der Waals surface area contributed by atoms with Crippen LogP contribution >= 0.6 is 35.7 Å². The number of hydrogen-bond acceptors (Lipinski definition) is 4. The second kappa shape index (κ2) is 12.5. The van der Waals surface area contributed by atoms with Gasteiger partial charge in [-0.3, -0.25) is 9.89 Å². The van der Waals surface area contributed by atoms with Gasteiger partial charge in [-0.2, -0.15) is 11.8 Å². The summed E-state index contributed by atoms with van der Waals surface area (Å²) in [5.41, 5.74) is 2.62. The van der Waals surface area contributed by atoms with E-state index in [1.54, 1.807) is 6.26 Å². The van der Waals surface area contributed by atoms with Crippen molar-refractivity contribution in [3.05, 3.63) is 59.5 Å². The summed E-state index contributed by atoms with van der Waals surface area (Å²) in [4.78, 5) is 6.69. The van der Waals surface area contributed by atoms with Gasteiger partial charge in [0.1, 0.15) is 5.76 Å². The molecule has 0 amide bonds. The molecule has 1 fully saturated rings. The molecule has 0 aliphatic heterocycles. The molecule has 2 aromatic rings. The van der Waals surface area contributed by atoms with Crippen LogP contribution in [0.25, 0.3) is 0 Å². The van der Waals surface area contributed by atoms with Gasteiger partial charge in [-0.25, -0.2) is 0 Å². The van der Waals surface area contributed by atoms with Crippen molar-refractivity contribution in [1.82, 2.24) is 15.5 Å².